The predicted octanol–water partition coefficient (Wildman–Crippen LogP) is 0.547. The van der Waals surface area contributed by atoms with Crippen LogP contribution in [0.1, 0.15) is 24.2 Å². The van der Waals surface area contributed by atoms with Crippen LogP contribution in [0, 0.1) is 5.92 Å². The molecular formula is C16H22N2O6S. The Hall–Kier alpha value is -1.97. The Labute approximate surface area is 146 Å². The van der Waals surface area contributed by atoms with Crippen molar-refractivity contribution in [2.75, 3.05) is 26.3 Å². The van der Waals surface area contributed by atoms with Crippen molar-refractivity contribution in [3.8, 4) is 0 Å². The minimum Gasteiger partial charge on any atom is -0.480 e. The Kier molecular flexibility index (Phi) is 6.15. The fraction of sp³-hybridized carbons (Fsp3) is 0.500. The molecule has 1 amide bonds. The minimum atomic E-state index is -3.64. The van der Waals surface area contributed by atoms with Gasteiger partial charge in [-0.2, -0.15) is 0 Å². The maximum atomic E-state index is 12.5. The van der Waals surface area contributed by atoms with Gasteiger partial charge in [-0.3, -0.25) is 4.79 Å². The number of benzene rings is 1. The van der Waals surface area contributed by atoms with Gasteiger partial charge in [0.25, 0.3) is 5.91 Å². The van der Waals surface area contributed by atoms with E-state index in [1.54, 1.807) is 0 Å². The van der Waals surface area contributed by atoms with Gasteiger partial charge in [-0.05, 0) is 30.2 Å². The zero-order chi connectivity index (χ0) is 18.6. The zero-order valence-electron chi connectivity index (χ0n) is 14.1. The molecule has 0 radical (unpaired) electrons. The van der Waals surface area contributed by atoms with Gasteiger partial charge in [0, 0.05) is 18.7 Å². The van der Waals surface area contributed by atoms with Crippen LogP contribution in [0.3, 0.4) is 0 Å². The van der Waals surface area contributed by atoms with E-state index in [0.29, 0.717) is 6.54 Å². The molecule has 1 aromatic rings. The van der Waals surface area contributed by atoms with E-state index in [0.717, 1.165) is 0 Å². The molecule has 0 saturated carbocycles. The van der Waals surface area contributed by atoms with Crippen LogP contribution in [0.4, 0.5) is 0 Å². The van der Waals surface area contributed by atoms with Gasteiger partial charge in [-0.15, -0.1) is 0 Å². The average molecular weight is 370 g/mol. The van der Waals surface area contributed by atoms with E-state index >= 15 is 0 Å². The summed E-state index contributed by atoms with van der Waals surface area (Å²) >= 11 is 0. The normalized spacial score (nSPS) is 18.4. The van der Waals surface area contributed by atoms with Crippen LogP contribution in [0.15, 0.2) is 29.2 Å². The number of aliphatic carboxylic acids is 1. The van der Waals surface area contributed by atoms with Gasteiger partial charge in [0.15, 0.2) is 6.04 Å². The first kappa shape index (κ1) is 19.4. The van der Waals surface area contributed by atoms with Crippen molar-refractivity contribution in [2.45, 2.75) is 24.8 Å². The maximum absolute atomic E-state index is 12.5. The van der Waals surface area contributed by atoms with Crippen molar-refractivity contribution in [1.29, 1.82) is 0 Å². The second kappa shape index (κ2) is 7.94. The molecule has 1 atom stereocenters. The number of nitrogens with one attached hydrogen (secondary N) is 1. The third-order valence-electron chi connectivity index (χ3n) is 3.77. The Morgan fingerprint density at radius 2 is 1.96 bits per heavy atom. The standard InChI is InChI=1S/C16H22N2O6S/c1-11(2)9-17-25(22,23)13-5-3-12(4-6-13)15(19)18-7-8-24-10-14(18)16(20)21/h3-6,11,14,17H,7-10H2,1-2H3,(H,20,21). The van der Waals surface area contributed by atoms with E-state index in [4.69, 9.17) is 4.74 Å². The molecule has 25 heavy (non-hydrogen) atoms. The van der Waals surface area contributed by atoms with E-state index in [9.17, 15) is 23.1 Å². The number of nitrogens with zero attached hydrogens (tertiary/aromatic N) is 1. The first-order chi connectivity index (χ1) is 11.7. The van der Waals surface area contributed by atoms with E-state index in [1.165, 1.54) is 29.2 Å². The van der Waals surface area contributed by atoms with Crippen molar-refractivity contribution in [3.63, 3.8) is 0 Å². The quantitative estimate of drug-likeness (QED) is 0.756. The number of rotatable bonds is 6. The topological polar surface area (TPSA) is 113 Å². The summed E-state index contributed by atoms with van der Waals surface area (Å²) in [5.74, 6) is -1.43. The van der Waals surface area contributed by atoms with Gasteiger partial charge in [-0.25, -0.2) is 17.9 Å². The summed E-state index contributed by atoms with van der Waals surface area (Å²) in [6.45, 7) is 4.48. The summed E-state index contributed by atoms with van der Waals surface area (Å²) in [7, 11) is -3.64. The monoisotopic (exact) mass is 370 g/mol. The zero-order valence-corrected chi connectivity index (χ0v) is 15.0. The molecule has 1 aliphatic rings. The molecule has 8 nitrogen and oxygen atoms in total. The maximum Gasteiger partial charge on any atom is 0.328 e. The molecular weight excluding hydrogens is 348 g/mol. The van der Waals surface area contributed by atoms with Crippen molar-refractivity contribution in [3.05, 3.63) is 29.8 Å². The Balaban J connectivity index is 2.16. The number of carboxylic acid groups (broad SMARTS) is 1. The highest BCUT2D eigenvalue weighted by molar-refractivity contribution is 7.89. The number of carbonyl (C=O) groups is 2. The summed E-state index contributed by atoms with van der Waals surface area (Å²) in [5, 5.41) is 9.20. The van der Waals surface area contributed by atoms with Crippen LogP contribution in [0.25, 0.3) is 0 Å². The number of ether oxygens (including phenoxy) is 1. The van der Waals surface area contributed by atoms with E-state index < -0.39 is 27.9 Å². The highest BCUT2D eigenvalue weighted by Gasteiger charge is 2.33. The molecule has 9 heteroatoms. The minimum absolute atomic E-state index is 0.0569. The summed E-state index contributed by atoms with van der Waals surface area (Å²) in [4.78, 5) is 25.1. The first-order valence-corrected chi connectivity index (χ1v) is 9.42. The summed E-state index contributed by atoms with van der Waals surface area (Å²) in [5.41, 5.74) is 0.232. The second-order valence-electron chi connectivity index (χ2n) is 6.20. The molecule has 0 aromatic heterocycles. The smallest absolute Gasteiger partial charge is 0.328 e. The van der Waals surface area contributed by atoms with Gasteiger partial charge in [0.2, 0.25) is 10.0 Å². The molecule has 1 aliphatic heterocycles. The van der Waals surface area contributed by atoms with Crippen molar-refractivity contribution >= 4 is 21.9 Å². The predicted molar refractivity (Wildman–Crippen MR) is 89.7 cm³/mol. The molecule has 1 aromatic carbocycles. The number of sulfonamides is 1. The van der Waals surface area contributed by atoms with E-state index in [1.807, 2.05) is 13.8 Å². The van der Waals surface area contributed by atoms with Crippen LogP contribution in [-0.4, -0.2) is 62.6 Å². The SMILES string of the molecule is CC(C)CNS(=O)(=O)c1ccc(C(=O)N2CCOCC2C(=O)O)cc1. The van der Waals surface area contributed by atoms with Crippen LogP contribution < -0.4 is 4.72 Å². The Morgan fingerprint density at radius 3 is 2.52 bits per heavy atom. The lowest BCUT2D eigenvalue weighted by Crippen LogP contribution is -2.52. The van der Waals surface area contributed by atoms with Gasteiger partial charge in [-0.1, -0.05) is 13.8 Å². The van der Waals surface area contributed by atoms with E-state index in [2.05, 4.69) is 4.72 Å². The molecule has 0 bridgehead atoms. The largest absolute Gasteiger partial charge is 0.480 e. The second-order valence-corrected chi connectivity index (χ2v) is 7.96. The number of carbonyl (C=O) groups excluding carboxylic acids is 1. The van der Waals surface area contributed by atoms with Crippen LogP contribution in [-0.2, 0) is 19.6 Å². The lowest BCUT2D eigenvalue weighted by Gasteiger charge is -2.32. The highest BCUT2D eigenvalue weighted by atomic mass is 32.2. The average Bonchev–Trinajstić information content (AvgIpc) is 2.59. The molecule has 1 fully saturated rings. The van der Waals surface area contributed by atoms with Gasteiger partial charge in [0.1, 0.15) is 0 Å². The van der Waals surface area contributed by atoms with Crippen molar-refractivity contribution in [2.24, 2.45) is 5.92 Å². The molecule has 1 heterocycles. The molecule has 1 saturated heterocycles. The number of amides is 1. The van der Waals surface area contributed by atoms with E-state index in [-0.39, 0.29) is 36.1 Å². The molecule has 1 unspecified atom stereocenters. The van der Waals surface area contributed by atoms with Gasteiger partial charge < -0.3 is 14.7 Å². The fourth-order valence-corrected chi connectivity index (χ4v) is 3.57. The van der Waals surface area contributed by atoms with Gasteiger partial charge in [0.05, 0.1) is 18.1 Å². The molecule has 138 valence electrons. The third kappa shape index (κ3) is 4.77. The molecule has 0 aliphatic carbocycles. The number of hydrogen-bond acceptors (Lipinski definition) is 5. The molecule has 2 rings (SSSR count). The number of carboxylic acids is 1. The third-order valence-corrected chi connectivity index (χ3v) is 5.21. The number of hydrogen-bond donors (Lipinski definition) is 2. The lowest BCUT2D eigenvalue weighted by atomic mass is 10.1. The fourth-order valence-electron chi connectivity index (χ4n) is 2.35. The summed E-state index contributed by atoms with van der Waals surface area (Å²) < 4.78 is 31.9. The molecule has 2 N–H and O–H groups in total. The van der Waals surface area contributed by atoms with Crippen LogP contribution in [0.2, 0.25) is 0 Å². The van der Waals surface area contributed by atoms with Crippen LogP contribution in [0.5, 0.6) is 0 Å². The number of morpholine rings is 1. The Morgan fingerprint density at radius 1 is 1.32 bits per heavy atom. The summed E-state index contributed by atoms with van der Waals surface area (Å²) in [6, 6.07) is 4.41. The van der Waals surface area contributed by atoms with Gasteiger partial charge >= 0.3 is 5.97 Å². The lowest BCUT2D eigenvalue weighted by molar-refractivity contribution is -0.147. The van der Waals surface area contributed by atoms with Crippen molar-refractivity contribution in [1.82, 2.24) is 9.62 Å². The molecule has 0 spiro atoms. The first-order valence-electron chi connectivity index (χ1n) is 7.93. The van der Waals surface area contributed by atoms with Crippen molar-refractivity contribution < 1.29 is 27.9 Å². The van der Waals surface area contributed by atoms with Crippen LogP contribution >= 0.6 is 0 Å². The highest BCUT2D eigenvalue weighted by Crippen LogP contribution is 2.16. The Bertz CT molecular complexity index is 729. The summed E-state index contributed by atoms with van der Waals surface area (Å²) in [6.07, 6.45) is 0.